The van der Waals surface area contributed by atoms with Gasteiger partial charge in [0.25, 0.3) is 0 Å². The predicted molar refractivity (Wildman–Crippen MR) is 55.5 cm³/mol. The van der Waals surface area contributed by atoms with Crippen LogP contribution < -0.4 is 0 Å². The smallest absolute Gasteiger partial charge is 0.0428 e. The summed E-state index contributed by atoms with van der Waals surface area (Å²) in [6.07, 6.45) is 3.44. The molecule has 0 radical (unpaired) electrons. The summed E-state index contributed by atoms with van der Waals surface area (Å²) in [6.45, 7) is 1.12. The summed E-state index contributed by atoms with van der Waals surface area (Å²) in [5.41, 5.74) is 2.64. The van der Waals surface area contributed by atoms with Gasteiger partial charge < -0.3 is 4.67 Å². The summed E-state index contributed by atoms with van der Waals surface area (Å²) in [6, 6.07) is 10.5. The first kappa shape index (κ1) is 7.82. The Morgan fingerprint density at radius 2 is 1.92 bits per heavy atom. The molecule has 1 aliphatic heterocycles. The molecule has 2 rings (SSSR count). The maximum Gasteiger partial charge on any atom is 0.0428 e. The second-order valence-electron chi connectivity index (χ2n) is 2.94. The average molecular weight is 177 g/mol. The molecule has 1 heterocycles. The van der Waals surface area contributed by atoms with Crippen LogP contribution in [-0.2, 0) is 0 Å². The van der Waals surface area contributed by atoms with E-state index >= 15 is 0 Å². The molecule has 0 amide bonds. The Morgan fingerprint density at radius 3 is 2.50 bits per heavy atom. The fourth-order valence-electron chi connectivity index (χ4n) is 1.47. The zero-order valence-electron chi connectivity index (χ0n) is 6.90. The second-order valence-corrected chi connectivity index (χ2v) is 3.56. The number of hydrogen-bond donors (Lipinski definition) is 0. The Morgan fingerprint density at radius 1 is 1.17 bits per heavy atom. The average Bonchev–Trinajstić information content (AvgIpc) is 2.53. The van der Waals surface area contributed by atoms with Gasteiger partial charge in [0.2, 0.25) is 0 Å². The van der Waals surface area contributed by atoms with Crippen molar-refractivity contribution < 1.29 is 0 Å². The molecule has 1 unspecified atom stereocenters. The van der Waals surface area contributed by atoms with Crippen molar-refractivity contribution in [2.24, 2.45) is 0 Å². The van der Waals surface area contributed by atoms with Crippen LogP contribution in [-0.4, -0.2) is 11.2 Å². The molecule has 1 nitrogen and oxygen atoms in total. The van der Waals surface area contributed by atoms with Crippen LogP contribution in [0, 0.1) is 0 Å². The summed E-state index contributed by atoms with van der Waals surface area (Å²) in [4.78, 5) is 0. The van der Waals surface area contributed by atoms with Gasteiger partial charge in [-0.25, -0.2) is 0 Å². The van der Waals surface area contributed by atoms with Crippen LogP contribution in [0.2, 0.25) is 0 Å². The zero-order valence-corrected chi connectivity index (χ0v) is 8.06. The molecule has 0 N–H and O–H groups in total. The van der Waals surface area contributed by atoms with Crippen molar-refractivity contribution in [3.8, 4) is 0 Å². The quantitative estimate of drug-likeness (QED) is 0.596. The summed E-state index contributed by atoms with van der Waals surface area (Å²) in [7, 11) is 2.75. The molecule has 12 heavy (non-hydrogen) atoms. The molecule has 0 aliphatic carbocycles. The minimum atomic E-state index is 1.12. The molecular weight excluding hydrogens is 165 g/mol. The van der Waals surface area contributed by atoms with Crippen molar-refractivity contribution in [1.29, 1.82) is 0 Å². The van der Waals surface area contributed by atoms with Crippen molar-refractivity contribution in [1.82, 2.24) is 4.67 Å². The summed E-state index contributed by atoms with van der Waals surface area (Å²) in [5.74, 6) is 0. The number of nitrogens with zero attached hydrogens (tertiary/aromatic N) is 1. The monoisotopic (exact) mass is 177 g/mol. The van der Waals surface area contributed by atoms with Crippen LogP contribution in [0.25, 0.3) is 5.70 Å². The van der Waals surface area contributed by atoms with Gasteiger partial charge in [-0.1, -0.05) is 36.4 Å². The Balaban J connectivity index is 2.31. The SMILES string of the molecule is PN1CCC=C1c1ccccc1. The fourth-order valence-corrected chi connectivity index (χ4v) is 1.87. The molecule has 0 bridgehead atoms. The van der Waals surface area contributed by atoms with E-state index in [-0.39, 0.29) is 0 Å². The van der Waals surface area contributed by atoms with E-state index in [1.807, 2.05) is 6.07 Å². The first-order valence-electron chi connectivity index (χ1n) is 4.16. The molecule has 62 valence electrons. The van der Waals surface area contributed by atoms with Crippen LogP contribution in [0.3, 0.4) is 0 Å². The molecule has 0 fully saturated rings. The highest BCUT2D eigenvalue weighted by Crippen LogP contribution is 2.27. The van der Waals surface area contributed by atoms with Gasteiger partial charge in [-0.3, -0.25) is 0 Å². The largest absolute Gasteiger partial charge is 0.355 e. The molecule has 1 aliphatic rings. The molecule has 1 atom stereocenters. The van der Waals surface area contributed by atoms with E-state index in [0.717, 1.165) is 13.0 Å². The highest BCUT2D eigenvalue weighted by Gasteiger charge is 2.11. The third-order valence-corrected chi connectivity index (χ3v) is 2.62. The van der Waals surface area contributed by atoms with E-state index < -0.39 is 0 Å². The van der Waals surface area contributed by atoms with Crippen LogP contribution in [0.1, 0.15) is 12.0 Å². The first-order chi connectivity index (χ1) is 5.88. The predicted octanol–water partition coefficient (Wildman–Crippen LogP) is 2.52. The van der Waals surface area contributed by atoms with E-state index in [4.69, 9.17) is 0 Å². The third-order valence-electron chi connectivity index (χ3n) is 2.09. The Hall–Kier alpha value is -0.810. The van der Waals surface area contributed by atoms with E-state index in [2.05, 4.69) is 44.4 Å². The van der Waals surface area contributed by atoms with Gasteiger partial charge >= 0.3 is 0 Å². The number of rotatable bonds is 1. The van der Waals surface area contributed by atoms with Crippen LogP contribution in [0.4, 0.5) is 0 Å². The molecule has 0 saturated carbocycles. The molecule has 0 saturated heterocycles. The number of hydrogen-bond acceptors (Lipinski definition) is 1. The topological polar surface area (TPSA) is 3.24 Å². The van der Waals surface area contributed by atoms with Crippen molar-refractivity contribution in [3.63, 3.8) is 0 Å². The lowest BCUT2D eigenvalue weighted by atomic mass is 10.2. The molecule has 0 spiro atoms. The molecular formula is C10H12NP. The maximum absolute atomic E-state index is 2.75. The fraction of sp³-hybridized carbons (Fsp3) is 0.200. The van der Waals surface area contributed by atoms with Gasteiger partial charge in [0.05, 0.1) is 0 Å². The van der Waals surface area contributed by atoms with Gasteiger partial charge in [0, 0.05) is 12.2 Å². The van der Waals surface area contributed by atoms with E-state index in [1.54, 1.807) is 0 Å². The molecule has 2 heteroatoms. The van der Waals surface area contributed by atoms with Crippen LogP contribution in [0.5, 0.6) is 0 Å². The molecule has 1 aromatic rings. The maximum atomic E-state index is 2.75. The zero-order chi connectivity index (χ0) is 8.39. The lowest BCUT2D eigenvalue weighted by molar-refractivity contribution is 0.691. The van der Waals surface area contributed by atoms with Gasteiger partial charge in [-0.15, -0.1) is 0 Å². The Kier molecular flexibility index (Phi) is 2.14. The molecule has 1 aromatic carbocycles. The van der Waals surface area contributed by atoms with Crippen molar-refractivity contribution >= 4 is 15.1 Å². The van der Waals surface area contributed by atoms with Gasteiger partial charge in [0.1, 0.15) is 0 Å². The standard InChI is InChI=1S/C10H12NP/c12-11-8-4-7-10(11)9-5-2-1-3-6-9/h1-3,5-7H,4,8,12H2. The number of benzene rings is 1. The van der Waals surface area contributed by atoms with E-state index in [1.165, 1.54) is 11.3 Å². The highest BCUT2D eigenvalue weighted by molar-refractivity contribution is 7.14. The summed E-state index contributed by atoms with van der Waals surface area (Å²) < 4.78 is 2.22. The minimum absolute atomic E-state index is 1.12. The first-order valence-corrected chi connectivity index (χ1v) is 4.67. The van der Waals surface area contributed by atoms with Crippen LogP contribution >= 0.6 is 9.39 Å². The van der Waals surface area contributed by atoms with Gasteiger partial charge in [-0.2, -0.15) is 0 Å². The second kappa shape index (κ2) is 3.28. The lowest BCUT2D eigenvalue weighted by Gasteiger charge is -2.15. The van der Waals surface area contributed by atoms with Crippen LogP contribution in [0.15, 0.2) is 36.4 Å². The van der Waals surface area contributed by atoms with Crippen molar-refractivity contribution in [2.45, 2.75) is 6.42 Å². The molecule has 0 aromatic heterocycles. The Labute approximate surface area is 75.3 Å². The van der Waals surface area contributed by atoms with E-state index in [9.17, 15) is 0 Å². The summed E-state index contributed by atoms with van der Waals surface area (Å²) >= 11 is 0. The highest BCUT2D eigenvalue weighted by atomic mass is 31.0. The van der Waals surface area contributed by atoms with Crippen molar-refractivity contribution in [3.05, 3.63) is 42.0 Å². The van der Waals surface area contributed by atoms with Crippen molar-refractivity contribution in [2.75, 3.05) is 6.54 Å². The Bertz CT molecular complexity index is 292. The normalized spacial score (nSPS) is 16.4. The summed E-state index contributed by atoms with van der Waals surface area (Å²) in [5, 5.41) is 0. The van der Waals surface area contributed by atoms with Gasteiger partial charge in [-0.05, 0) is 21.4 Å². The lowest BCUT2D eigenvalue weighted by Crippen LogP contribution is -2.03. The minimum Gasteiger partial charge on any atom is -0.355 e. The van der Waals surface area contributed by atoms with E-state index in [0.29, 0.717) is 0 Å². The van der Waals surface area contributed by atoms with Gasteiger partial charge in [0.15, 0.2) is 0 Å². The third kappa shape index (κ3) is 1.37.